The van der Waals surface area contributed by atoms with Crippen LogP contribution in [0.15, 0.2) is 45.6 Å². The molecule has 0 aliphatic rings. The number of phenols is 1. The van der Waals surface area contributed by atoms with Gasteiger partial charge in [0.05, 0.1) is 10.8 Å². The van der Waals surface area contributed by atoms with Gasteiger partial charge in [0, 0.05) is 11.1 Å². The van der Waals surface area contributed by atoms with Crippen LogP contribution in [0.4, 0.5) is 0 Å². The van der Waals surface area contributed by atoms with Crippen LogP contribution in [-0.4, -0.2) is 5.11 Å². The van der Waals surface area contributed by atoms with Gasteiger partial charge in [0.15, 0.2) is 11.3 Å². The van der Waals surface area contributed by atoms with Crippen LogP contribution in [0.1, 0.15) is 0 Å². The predicted octanol–water partition coefficient (Wildman–Crippen LogP) is 3.31. The van der Waals surface area contributed by atoms with Crippen LogP contribution in [0.2, 0.25) is 5.02 Å². The van der Waals surface area contributed by atoms with E-state index in [4.69, 9.17) is 16.0 Å². The zero-order valence-electron chi connectivity index (χ0n) is 8.61. The number of halogens is 1. The van der Waals surface area contributed by atoms with Crippen molar-refractivity contribution >= 4 is 33.5 Å². The highest BCUT2D eigenvalue weighted by Crippen LogP contribution is 2.26. The Kier molecular flexibility index (Phi) is 2.09. The molecule has 0 fully saturated rings. The lowest BCUT2D eigenvalue weighted by Crippen LogP contribution is -2.01. The Hall–Kier alpha value is -2.00. The number of para-hydroxylation sites is 1. The zero-order valence-corrected chi connectivity index (χ0v) is 9.36. The highest BCUT2D eigenvalue weighted by Gasteiger charge is 2.10. The number of benzene rings is 2. The topological polar surface area (TPSA) is 50.4 Å². The van der Waals surface area contributed by atoms with Gasteiger partial charge in [0.25, 0.3) is 0 Å². The van der Waals surface area contributed by atoms with Gasteiger partial charge in [-0.15, -0.1) is 0 Å². The Morgan fingerprint density at radius 2 is 1.94 bits per heavy atom. The molecule has 4 heteroatoms. The fraction of sp³-hybridized carbons (Fsp3) is 0. The van der Waals surface area contributed by atoms with E-state index in [1.807, 2.05) is 0 Å². The van der Waals surface area contributed by atoms with E-state index in [0.29, 0.717) is 21.4 Å². The number of hydrogen-bond acceptors (Lipinski definition) is 3. The molecule has 17 heavy (non-hydrogen) atoms. The van der Waals surface area contributed by atoms with E-state index in [2.05, 4.69) is 0 Å². The number of aromatic hydroxyl groups is 1. The summed E-state index contributed by atoms with van der Waals surface area (Å²) in [7, 11) is 0. The van der Waals surface area contributed by atoms with Crippen molar-refractivity contribution in [2.24, 2.45) is 0 Å². The maximum absolute atomic E-state index is 12.1. The van der Waals surface area contributed by atoms with Crippen LogP contribution < -0.4 is 5.43 Å². The molecule has 0 unspecified atom stereocenters. The molecule has 1 N–H and O–H groups in total. The van der Waals surface area contributed by atoms with Crippen molar-refractivity contribution in [3.05, 3.63) is 51.6 Å². The molecule has 0 spiro atoms. The Morgan fingerprint density at radius 3 is 2.76 bits per heavy atom. The third kappa shape index (κ3) is 1.47. The molecule has 3 aromatic rings. The lowest BCUT2D eigenvalue weighted by Gasteiger charge is -2.02. The third-order valence-corrected chi connectivity index (χ3v) is 2.87. The van der Waals surface area contributed by atoms with Crippen molar-refractivity contribution in [3.63, 3.8) is 0 Å². The van der Waals surface area contributed by atoms with Crippen LogP contribution in [0.5, 0.6) is 5.75 Å². The second-order valence-corrected chi connectivity index (χ2v) is 4.16. The quantitative estimate of drug-likeness (QED) is 0.619. The van der Waals surface area contributed by atoms with Crippen molar-refractivity contribution < 1.29 is 9.52 Å². The summed E-state index contributed by atoms with van der Waals surface area (Å²) in [5, 5.41) is 11.0. The molecule has 0 aliphatic heterocycles. The number of phenolic OH excluding ortho intramolecular Hbond substituents is 1. The van der Waals surface area contributed by atoms with Crippen molar-refractivity contribution in [1.29, 1.82) is 0 Å². The number of fused-ring (bicyclic) bond motifs is 2. The van der Waals surface area contributed by atoms with Gasteiger partial charge in [-0.25, -0.2) is 0 Å². The molecule has 1 aromatic heterocycles. The highest BCUT2D eigenvalue weighted by molar-refractivity contribution is 6.31. The van der Waals surface area contributed by atoms with Gasteiger partial charge < -0.3 is 9.52 Å². The summed E-state index contributed by atoms with van der Waals surface area (Å²) < 4.78 is 5.50. The van der Waals surface area contributed by atoms with Gasteiger partial charge in [0.1, 0.15) is 5.58 Å². The van der Waals surface area contributed by atoms with Gasteiger partial charge in [0.2, 0.25) is 5.43 Å². The molecule has 0 saturated carbocycles. The van der Waals surface area contributed by atoms with E-state index < -0.39 is 0 Å². The second-order valence-electron chi connectivity index (χ2n) is 3.73. The minimum Gasteiger partial charge on any atom is -0.504 e. The van der Waals surface area contributed by atoms with E-state index >= 15 is 0 Å². The molecule has 0 radical (unpaired) electrons. The molecule has 0 atom stereocenters. The summed E-state index contributed by atoms with van der Waals surface area (Å²) in [5.74, 6) is -0.0542. The Labute approximate surface area is 101 Å². The largest absolute Gasteiger partial charge is 0.504 e. The second kappa shape index (κ2) is 3.50. The molecular formula is C13H7ClO3. The van der Waals surface area contributed by atoms with Crippen molar-refractivity contribution in [3.8, 4) is 5.75 Å². The summed E-state index contributed by atoms with van der Waals surface area (Å²) >= 11 is 5.84. The Balaban J connectivity index is 2.62. The van der Waals surface area contributed by atoms with Crippen molar-refractivity contribution in [2.75, 3.05) is 0 Å². The number of rotatable bonds is 0. The molecule has 84 valence electrons. The monoisotopic (exact) mass is 246 g/mol. The first kappa shape index (κ1) is 10.2. The average molecular weight is 247 g/mol. The molecule has 1 heterocycles. The zero-order chi connectivity index (χ0) is 12.0. The fourth-order valence-electron chi connectivity index (χ4n) is 1.83. The van der Waals surface area contributed by atoms with Crippen LogP contribution in [0.3, 0.4) is 0 Å². The molecule has 2 aromatic carbocycles. The maximum Gasteiger partial charge on any atom is 0.200 e. The van der Waals surface area contributed by atoms with E-state index in [1.54, 1.807) is 30.3 Å². The standard InChI is InChI=1S/C13H7ClO3/c14-7-4-5-8-11(6-7)17-13-9(12(8)16)2-1-3-10(13)15/h1-6,15H. The fourth-order valence-corrected chi connectivity index (χ4v) is 2.00. The molecule has 0 bridgehead atoms. The smallest absolute Gasteiger partial charge is 0.200 e. The van der Waals surface area contributed by atoms with Gasteiger partial charge in [-0.1, -0.05) is 17.7 Å². The van der Waals surface area contributed by atoms with Gasteiger partial charge >= 0.3 is 0 Å². The summed E-state index contributed by atoms with van der Waals surface area (Å²) in [6.07, 6.45) is 0. The molecule has 0 saturated heterocycles. The molecule has 3 rings (SSSR count). The molecular weight excluding hydrogens is 240 g/mol. The van der Waals surface area contributed by atoms with E-state index in [-0.39, 0.29) is 16.8 Å². The first-order valence-electron chi connectivity index (χ1n) is 5.01. The normalized spacial score (nSPS) is 11.1. The first-order chi connectivity index (χ1) is 8.16. The number of hydrogen-bond donors (Lipinski definition) is 1. The van der Waals surface area contributed by atoms with Gasteiger partial charge in [-0.05, 0) is 24.3 Å². The summed E-state index contributed by atoms with van der Waals surface area (Å²) in [6, 6.07) is 9.51. The molecule has 3 nitrogen and oxygen atoms in total. The molecule has 0 aliphatic carbocycles. The maximum atomic E-state index is 12.1. The Bertz CT molecular complexity index is 790. The summed E-state index contributed by atoms with van der Waals surface area (Å²) in [5.41, 5.74) is 0.387. The SMILES string of the molecule is O=c1c2ccc(Cl)cc2oc2c(O)cccc12. The summed E-state index contributed by atoms with van der Waals surface area (Å²) in [6.45, 7) is 0. The average Bonchev–Trinajstić information content (AvgIpc) is 2.30. The summed E-state index contributed by atoms with van der Waals surface area (Å²) in [4.78, 5) is 12.1. The Morgan fingerprint density at radius 1 is 1.12 bits per heavy atom. The minimum absolute atomic E-state index is 0.0542. The van der Waals surface area contributed by atoms with Crippen LogP contribution in [0.25, 0.3) is 21.9 Å². The van der Waals surface area contributed by atoms with Gasteiger partial charge in [-0.2, -0.15) is 0 Å². The van der Waals surface area contributed by atoms with Crippen LogP contribution in [-0.2, 0) is 0 Å². The first-order valence-corrected chi connectivity index (χ1v) is 5.38. The van der Waals surface area contributed by atoms with Gasteiger partial charge in [-0.3, -0.25) is 4.79 Å². The van der Waals surface area contributed by atoms with Crippen LogP contribution in [0, 0.1) is 0 Å². The predicted molar refractivity (Wildman–Crippen MR) is 66.7 cm³/mol. The molecule has 0 amide bonds. The van der Waals surface area contributed by atoms with Crippen molar-refractivity contribution in [2.45, 2.75) is 0 Å². The minimum atomic E-state index is -0.172. The highest BCUT2D eigenvalue weighted by atomic mass is 35.5. The lowest BCUT2D eigenvalue weighted by molar-refractivity contribution is 0.467. The lowest BCUT2D eigenvalue weighted by atomic mass is 10.1. The third-order valence-electron chi connectivity index (χ3n) is 2.64. The van der Waals surface area contributed by atoms with Crippen molar-refractivity contribution in [1.82, 2.24) is 0 Å². The van der Waals surface area contributed by atoms with E-state index in [1.165, 1.54) is 6.07 Å². The van der Waals surface area contributed by atoms with E-state index in [9.17, 15) is 9.90 Å². The van der Waals surface area contributed by atoms with E-state index in [0.717, 1.165) is 0 Å². The van der Waals surface area contributed by atoms with Crippen LogP contribution >= 0.6 is 11.6 Å².